The van der Waals surface area contributed by atoms with Crippen molar-refractivity contribution in [2.24, 2.45) is 0 Å². The first kappa shape index (κ1) is 23.1. The summed E-state index contributed by atoms with van der Waals surface area (Å²) < 4.78 is 5.63. The van der Waals surface area contributed by atoms with Crippen LogP contribution in [0.5, 0.6) is 11.5 Å². The molecule has 0 saturated carbocycles. The third kappa shape index (κ3) is 4.18. The van der Waals surface area contributed by atoms with Gasteiger partial charge in [0.15, 0.2) is 0 Å². The molecule has 0 bridgehead atoms. The lowest BCUT2D eigenvalue weighted by Crippen LogP contribution is -2.20. The molecule has 172 valence electrons. The van der Waals surface area contributed by atoms with Gasteiger partial charge in [-0.3, -0.25) is 0 Å². The van der Waals surface area contributed by atoms with Crippen LogP contribution in [0.3, 0.4) is 0 Å². The van der Waals surface area contributed by atoms with Crippen LogP contribution in [0.2, 0.25) is 0 Å². The van der Waals surface area contributed by atoms with E-state index in [-0.39, 0.29) is 27.9 Å². The van der Waals surface area contributed by atoms with Gasteiger partial charge in [-0.2, -0.15) is 0 Å². The van der Waals surface area contributed by atoms with Crippen molar-refractivity contribution in [1.82, 2.24) is 0 Å². The second-order valence-electron chi connectivity index (χ2n) is 10.6. The number of rotatable bonds is 3. The van der Waals surface area contributed by atoms with Gasteiger partial charge in [-0.15, -0.1) is 11.3 Å². The Morgan fingerprint density at radius 3 is 2.00 bits per heavy atom. The summed E-state index contributed by atoms with van der Waals surface area (Å²) in [4.78, 5) is 14.1. The summed E-state index contributed by atoms with van der Waals surface area (Å²) in [7, 11) is 0. The molecule has 33 heavy (non-hydrogen) atoms. The number of para-hydroxylation sites is 1. The Hall–Kier alpha value is -3.05. The summed E-state index contributed by atoms with van der Waals surface area (Å²) in [6.45, 7) is 12.3. The summed E-state index contributed by atoms with van der Waals surface area (Å²) >= 11 is 1.52. The normalized spacial score (nSPS) is 13.4. The van der Waals surface area contributed by atoms with E-state index in [1.165, 1.54) is 11.3 Å². The maximum Gasteiger partial charge on any atom is 0.344 e. The van der Waals surface area contributed by atoms with Crippen LogP contribution < -0.4 is 5.63 Å². The second-order valence-corrected chi connectivity index (χ2v) is 11.5. The third-order valence-corrected chi connectivity index (χ3v) is 6.96. The van der Waals surface area contributed by atoms with Crippen LogP contribution in [0, 0.1) is 0 Å². The van der Waals surface area contributed by atoms with E-state index in [1.807, 2.05) is 35.7 Å². The zero-order valence-electron chi connectivity index (χ0n) is 19.9. The fourth-order valence-corrected chi connectivity index (χ4v) is 5.16. The van der Waals surface area contributed by atoms with E-state index in [1.54, 1.807) is 18.2 Å². The first-order chi connectivity index (χ1) is 15.4. The molecule has 0 aliphatic rings. The molecule has 0 radical (unpaired) electrons. The van der Waals surface area contributed by atoms with Gasteiger partial charge in [-0.1, -0.05) is 71.9 Å². The summed E-state index contributed by atoms with van der Waals surface area (Å²) in [5, 5.41) is 24.9. The van der Waals surface area contributed by atoms with Gasteiger partial charge in [-0.25, -0.2) is 4.79 Å². The molecule has 2 aromatic heterocycles. The summed E-state index contributed by atoms with van der Waals surface area (Å²) in [6.07, 6.45) is 0. The van der Waals surface area contributed by atoms with Gasteiger partial charge in [0.2, 0.25) is 0 Å². The average molecular weight is 463 g/mol. The highest BCUT2D eigenvalue weighted by atomic mass is 32.1. The van der Waals surface area contributed by atoms with Crippen molar-refractivity contribution in [2.45, 2.75) is 58.3 Å². The van der Waals surface area contributed by atoms with Gasteiger partial charge in [-0.05, 0) is 51.1 Å². The molecule has 1 atom stereocenters. The van der Waals surface area contributed by atoms with Crippen LogP contribution in [-0.4, -0.2) is 10.2 Å². The molecule has 4 rings (SSSR count). The molecule has 0 fully saturated rings. The topological polar surface area (TPSA) is 70.7 Å². The molecule has 2 N–H and O–H groups in total. The minimum absolute atomic E-state index is 0.0667. The minimum atomic E-state index is -0.563. The fraction of sp³-hybridized carbons (Fsp3) is 0.321. The number of benzene rings is 2. The van der Waals surface area contributed by atoms with Crippen molar-refractivity contribution in [3.05, 3.63) is 91.5 Å². The molecule has 2 aromatic carbocycles. The van der Waals surface area contributed by atoms with Gasteiger partial charge in [0.1, 0.15) is 17.1 Å². The number of hydrogen-bond donors (Lipinski definition) is 2. The first-order valence-electron chi connectivity index (χ1n) is 11.1. The average Bonchev–Trinajstić information content (AvgIpc) is 3.24. The van der Waals surface area contributed by atoms with Crippen molar-refractivity contribution in [3.63, 3.8) is 0 Å². The Bertz CT molecular complexity index is 1330. The number of fused-ring (bicyclic) bond motifs is 1. The van der Waals surface area contributed by atoms with E-state index in [2.05, 4.69) is 41.5 Å². The Morgan fingerprint density at radius 1 is 0.848 bits per heavy atom. The van der Waals surface area contributed by atoms with Crippen LogP contribution in [0.4, 0.5) is 0 Å². The molecule has 2 heterocycles. The molecule has 0 saturated heterocycles. The Morgan fingerprint density at radius 2 is 1.45 bits per heavy atom. The molecule has 0 spiro atoms. The highest BCUT2D eigenvalue weighted by molar-refractivity contribution is 7.10. The third-order valence-electron chi connectivity index (χ3n) is 6.02. The highest BCUT2D eigenvalue weighted by Crippen LogP contribution is 2.45. The number of aromatic hydroxyl groups is 2. The van der Waals surface area contributed by atoms with Crippen LogP contribution >= 0.6 is 11.3 Å². The lowest BCUT2D eigenvalue weighted by Gasteiger charge is -2.30. The monoisotopic (exact) mass is 462 g/mol. The lowest BCUT2D eigenvalue weighted by molar-refractivity contribution is 0.422. The predicted molar refractivity (Wildman–Crippen MR) is 135 cm³/mol. The number of phenolic OH excluding ortho intramolecular Hbond substituents is 1. The SMILES string of the molecule is CC(C)(C)c1cc([C@H](c2cccs2)c2c(O)c3ccccc3oc2=O)cc(C(C)(C)C)c1O. The molecule has 0 aliphatic heterocycles. The lowest BCUT2D eigenvalue weighted by atomic mass is 9.76. The second kappa shape index (κ2) is 8.07. The van der Waals surface area contributed by atoms with E-state index in [4.69, 9.17) is 4.42 Å². The highest BCUT2D eigenvalue weighted by Gasteiger charge is 2.32. The zero-order valence-corrected chi connectivity index (χ0v) is 20.7. The molecule has 4 aromatic rings. The Labute approximate surface area is 198 Å². The Kier molecular flexibility index (Phi) is 5.65. The predicted octanol–water partition coefficient (Wildman–Crippen LogP) is 7.04. The standard InChI is InChI=1S/C28H30O4S/c1-27(2,3)18-14-16(15-19(25(18)30)28(4,5)6)22(21-12-9-13-33-21)23-24(29)17-10-7-8-11-20(17)32-26(23)31/h7-15,22,29-30H,1-6H3/t22-/m1/s1. The summed E-state index contributed by atoms with van der Waals surface area (Å²) in [5.41, 5.74) is 1.79. The maximum atomic E-state index is 13.2. The van der Waals surface area contributed by atoms with Gasteiger partial charge >= 0.3 is 5.63 Å². The van der Waals surface area contributed by atoms with Gasteiger partial charge in [0.05, 0.1) is 16.9 Å². The zero-order chi connectivity index (χ0) is 24.1. The van der Waals surface area contributed by atoms with Crippen molar-refractivity contribution < 1.29 is 14.6 Å². The molecule has 0 amide bonds. The quantitative estimate of drug-likeness (QED) is 0.320. The van der Waals surface area contributed by atoms with Crippen molar-refractivity contribution in [3.8, 4) is 11.5 Å². The fourth-order valence-electron chi connectivity index (χ4n) is 4.30. The van der Waals surface area contributed by atoms with Gasteiger partial charge in [0, 0.05) is 4.88 Å². The number of thiophene rings is 1. The molecular formula is C28H30O4S. The van der Waals surface area contributed by atoms with Crippen LogP contribution in [0.1, 0.15) is 74.6 Å². The van der Waals surface area contributed by atoms with E-state index >= 15 is 0 Å². The maximum absolute atomic E-state index is 13.2. The van der Waals surface area contributed by atoms with E-state index in [0.717, 1.165) is 21.6 Å². The van der Waals surface area contributed by atoms with E-state index in [0.29, 0.717) is 11.0 Å². The van der Waals surface area contributed by atoms with E-state index in [9.17, 15) is 15.0 Å². The first-order valence-corrected chi connectivity index (χ1v) is 11.9. The van der Waals surface area contributed by atoms with Crippen molar-refractivity contribution in [2.75, 3.05) is 0 Å². The number of phenols is 1. The number of hydrogen-bond acceptors (Lipinski definition) is 5. The summed E-state index contributed by atoms with van der Waals surface area (Å²) in [5.74, 6) is -0.324. The molecule has 0 unspecified atom stereocenters. The van der Waals surface area contributed by atoms with Crippen LogP contribution in [0.15, 0.2) is 63.1 Å². The van der Waals surface area contributed by atoms with Gasteiger partial charge < -0.3 is 14.6 Å². The largest absolute Gasteiger partial charge is 0.507 e. The molecular weight excluding hydrogens is 432 g/mol. The summed E-state index contributed by atoms with van der Waals surface area (Å²) in [6, 6.07) is 14.8. The van der Waals surface area contributed by atoms with Crippen LogP contribution in [0.25, 0.3) is 11.0 Å². The molecule has 5 heteroatoms. The van der Waals surface area contributed by atoms with Crippen LogP contribution in [-0.2, 0) is 10.8 Å². The van der Waals surface area contributed by atoms with E-state index < -0.39 is 11.5 Å². The minimum Gasteiger partial charge on any atom is -0.507 e. The van der Waals surface area contributed by atoms with Crippen molar-refractivity contribution in [1.29, 1.82) is 0 Å². The molecule has 4 nitrogen and oxygen atoms in total. The Balaban J connectivity index is 2.10. The van der Waals surface area contributed by atoms with Crippen molar-refractivity contribution >= 4 is 22.3 Å². The van der Waals surface area contributed by atoms with Gasteiger partial charge in [0.25, 0.3) is 0 Å². The smallest absolute Gasteiger partial charge is 0.344 e. The molecule has 0 aliphatic carbocycles.